The molecule has 1 aromatic carbocycles. The Balaban J connectivity index is 1.13. The molecule has 3 fully saturated rings. The first-order valence-electron chi connectivity index (χ1n) is 10.3. The van der Waals surface area contributed by atoms with Crippen molar-refractivity contribution in [3.63, 3.8) is 0 Å². The van der Waals surface area contributed by atoms with Crippen LogP contribution in [0.15, 0.2) is 48.8 Å². The second kappa shape index (κ2) is 7.95. The number of pyridine rings is 1. The fraction of sp³-hybridized carbons (Fsp3) is 0.409. The number of carbonyl (C=O) groups excluding carboxylic acids is 2. The molecule has 1 N–H and O–H groups in total. The summed E-state index contributed by atoms with van der Waals surface area (Å²) in [7, 11) is 0. The second-order valence-electron chi connectivity index (χ2n) is 8.00. The molecule has 0 unspecified atom stereocenters. The zero-order chi connectivity index (χ0) is 20.5. The molecule has 1 aromatic heterocycles. The molecule has 8 nitrogen and oxygen atoms in total. The summed E-state index contributed by atoms with van der Waals surface area (Å²) in [6.07, 6.45) is 4.16. The van der Waals surface area contributed by atoms with Crippen LogP contribution >= 0.6 is 0 Å². The van der Waals surface area contributed by atoms with Crippen LogP contribution in [-0.4, -0.2) is 71.7 Å². The third-order valence-electron chi connectivity index (χ3n) is 5.97. The molecule has 2 atom stereocenters. The number of nitrogens with one attached hydrogen (secondary N) is 1. The lowest BCUT2D eigenvalue weighted by Crippen LogP contribution is -2.63. The maximum Gasteiger partial charge on any atom is 0.320 e. The van der Waals surface area contributed by atoms with Gasteiger partial charge in [0.2, 0.25) is 5.91 Å². The summed E-state index contributed by atoms with van der Waals surface area (Å²) in [6, 6.07) is 11.6. The minimum atomic E-state index is -0.106. The highest BCUT2D eigenvalue weighted by Gasteiger charge is 2.40. The van der Waals surface area contributed by atoms with Gasteiger partial charge in [0.05, 0.1) is 18.3 Å². The topological polar surface area (TPSA) is 84.0 Å². The molecule has 0 aliphatic carbocycles. The normalized spacial score (nSPS) is 23.9. The molecule has 0 bridgehead atoms. The number of aromatic nitrogens is 1. The average Bonchev–Trinajstić information content (AvgIpc) is 2.74. The van der Waals surface area contributed by atoms with Gasteiger partial charge in [-0.25, -0.2) is 4.79 Å². The van der Waals surface area contributed by atoms with E-state index < -0.39 is 0 Å². The predicted octanol–water partition coefficient (Wildman–Crippen LogP) is 1.98. The number of carbonyl (C=O) groups is 2. The maximum absolute atomic E-state index is 12.8. The first-order chi connectivity index (χ1) is 14.7. The molecule has 3 amide bonds. The average molecular weight is 408 g/mol. The maximum atomic E-state index is 12.8. The Morgan fingerprint density at radius 3 is 2.70 bits per heavy atom. The van der Waals surface area contributed by atoms with Crippen LogP contribution in [0, 0.1) is 0 Å². The Bertz CT molecular complexity index is 914. The molecule has 3 aliphatic rings. The number of urea groups is 1. The van der Waals surface area contributed by atoms with E-state index in [0.717, 1.165) is 12.2 Å². The van der Waals surface area contributed by atoms with E-state index in [-0.39, 0.29) is 30.7 Å². The number of hydrogen-bond acceptors (Lipinski definition) is 5. The van der Waals surface area contributed by atoms with Crippen molar-refractivity contribution < 1.29 is 19.1 Å². The number of piperidine rings is 1. The van der Waals surface area contributed by atoms with Crippen molar-refractivity contribution in [2.24, 2.45) is 0 Å². The van der Waals surface area contributed by atoms with Gasteiger partial charge >= 0.3 is 6.03 Å². The quantitative estimate of drug-likeness (QED) is 0.840. The van der Waals surface area contributed by atoms with Gasteiger partial charge in [-0.3, -0.25) is 9.78 Å². The Morgan fingerprint density at radius 1 is 1.10 bits per heavy atom. The van der Waals surface area contributed by atoms with E-state index in [9.17, 15) is 9.59 Å². The van der Waals surface area contributed by atoms with Gasteiger partial charge in [0, 0.05) is 38.3 Å². The number of benzene rings is 1. The summed E-state index contributed by atoms with van der Waals surface area (Å²) in [5, 5.41) is 2.94. The molecule has 0 radical (unpaired) electrons. The Labute approximate surface area is 174 Å². The SMILES string of the molecule is O=C1CO[C@H]2CCN(C(=O)N3CC(c4ccc(Oc5cccnc5)cc4)C3)C[C@H]2N1. The molecule has 2 aromatic rings. The Hall–Kier alpha value is -3.13. The lowest BCUT2D eigenvalue weighted by molar-refractivity contribution is -0.139. The van der Waals surface area contributed by atoms with Gasteiger partial charge in [-0.2, -0.15) is 0 Å². The summed E-state index contributed by atoms with van der Waals surface area (Å²) in [5.41, 5.74) is 1.20. The number of nitrogens with zero attached hydrogens (tertiary/aromatic N) is 3. The van der Waals surface area contributed by atoms with Crippen LogP contribution in [0.4, 0.5) is 4.79 Å². The number of fused-ring (bicyclic) bond motifs is 1. The van der Waals surface area contributed by atoms with Crippen molar-refractivity contribution in [1.82, 2.24) is 20.1 Å². The fourth-order valence-corrected chi connectivity index (χ4v) is 4.27. The van der Waals surface area contributed by atoms with E-state index in [2.05, 4.69) is 22.4 Å². The molecule has 3 saturated heterocycles. The lowest BCUT2D eigenvalue weighted by Gasteiger charge is -2.46. The van der Waals surface area contributed by atoms with Crippen LogP contribution in [0.25, 0.3) is 0 Å². The van der Waals surface area contributed by atoms with E-state index in [1.165, 1.54) is 5.56 Å². The molecule has 156 valence electrons. The lowest BCUT2D eigenvalue weighted by atomic mass is 9.91. The van der Waals surface area contributed by atoms with Gasteiger partial charge in [-0.05, 0) is 36.2 Å². The van der Waals surface area contributed by atoms with Crippen molar-refractivity contribution in [3.05, 3.63) is 54.4 Å². The molecule has 0 saturated carbocycles. The first kappa shape index (κ1) is 18.9. The van der Waals surface area contributed by atoms with Crippen LogP contribution < -0.4 is 10.1 Å². The van der Waals surface area contributed by atoms with Gasteiger partial charge in [-0.15, -0.1) is 0 Å². The number of rotatable bonds is 3. The first-order valence-corrected chi connectivity index (χ1v) is 10.3. The number of hydrogen-bond donors (Lipinski definition) is 1. The van der Waals surface area contributed by atoms with Crippen molar-refractivity contribution in [3.8, 4) is 11.5 Å². The highest BCUT2D eigenvalue weighted by molar-refractivity contribution is 5.79. The van der Waals surface area contributed by atoms with Crippen LogP contribution in [0.2, 0.25) is 0 Å². The van der Waals surface area contributed by atoms with Crippen molar-refractivity contribution in [2.75, 3.05) is 32.8 Å². The van der Waals surface area contributed by atoms with E-state index in [1.54, 1.807) is 12.4 Å². The van der Waals surface area contributed by atoms with Crippen LogP contribution in [-0.2, 0) is 9.53 Å². The standard InChI is InChI=1S/C22H24N4O4/c27-21-14-29-20-7-9-25(13-19(20)24-21)22(28)26-11-16(12-26)15-3-5-17(6-4-15)30-18-2-1-8-23-10-18/h1-6,8,10,16,19-20H,7,9,11-14H2,(H,24,27)/t19-,20+/m1/s1. The molecular formula is C22H24N4O4. The van der Waals surface area contributed by atoms with E-state index in [0.29, 0.717) is 37.8 Å². The largest absolute Gasteiger partial charge is 0.456 e. The number of likely N-dealkylation sites (tertiary alicyclic amines) is 2. The fourth-order valence-electron chi connectivity index (χ4n) is 4.27. The van der Waals surface area contributed by atoms with Crippen LogP contribution in [0.3, 0.4) is 0 Å². The summed E-state index contributed by atoms with van der Waals surface area (Å²) in [6.45, 7) is 2.70. The predicted molar refractivity (Wildman–Crippen MR) is 108 cm³/mol. The van der Waals surface area contributed by atoms with Gasteiger partial charge in [-0.1, -0.05) is 12.1 Å². The minimum absolute atomic E-state index is 0.0169. The Morgan fingerprint density at radius 2 is 1.93 bits per heavy atom. The highest BCUT2D eigenvalue weighted by atomic mass is 16.5. The zero-order valence-electron chi connectivity index (χ0n) is 16.6. The van der Waals surface area contributed by atoms with E-state index in [4.69, 9.17) is 9.47 Å². The Kier molecular flexibility index (Phi) is 5.00. The number of ether oxygens (including phenoxy) is 2. The molecular weight excluding hydrogens is 384 g/mol. The molecule has 3 aliphatic heterocycles. The number of morpholine rings is 1. The molecule has 4 heterocycles. The van der Waals surface area contributed by atoms with Crippen molar-refractivity contribution in [1.29, 1.82) is 0 Å². The zero-order valence-corrected chi connectivity index (χ0v) is 16.6. The van der Waals surface area contributed by atoms with Crippen LogP contribution in [0.1, 0.15) is 17.9 Å². The van der Waals surface area contributed by atoms with Gasteiger partial charge in [0.15, 0.2) is 0 Å². The summed E-state index contributed by atoms with van der Waals surface area (Å²) in [5.74, 6) is 1.69. The molecule has 8 heteroatoms. The minimum Gasteiger partial charge on any atom is -0.456 e. The molecule has 5 rings (SSSR count). The summed E-state index contributed by atoms with van der Waals surface area (Å²) in [4.78, 5) is 32.1. The third kappa shape index (κ3) is 3.82. The molecule has 30 heavy (non-hydrogen) atoms. The summed E-state index contributed by atoms with van der Waals surface area (Å²) < 4.78 is 11.3. The van der Waals surface area contributed by atoms with Gasteiger partial charge in [0.25, 0.3) is 0 Å². The summed E-state index contributed by atoms with van der Waals surface area (Å²) >= 11 is 0. The van der Waals surface area contributed by atoms with Gasteiger partial charge in [0.1, 0.15) is 18.1 Å². The van der Waals surface area contributed by atoms with Crippen molar-refractivity contribution in [2.45, 2.75) is 24.5 Å². The van der Waals surface area contributed by atoms with E-state index in [1.807, 2.05) is 34.1 Å². The van der Waals surface area contributed by atoms with E-state index >= 15 is 0 Å². The second-order valence-corrected chi connectivity index (χ2v) is 8.00. The monoisotopic (exact) mass is 408 g/mol. The van der Waals surface area contributed by atoms with Crippen molar-refractivity contribution >= 4 is 11.9 Å². The number of amides is 3. The highest BCUT2D eigenvalue weighted by Crippen LogP contribution is 2.31. The smallest absolute Gasteiger partial charge is 0.320 e. The van der Waals surface area contributed by atoms with Gasteiger partial charge < -0.3 is 24.6 Å². The molecule has 0 spiro atoms. The third-order valence-corrected chi connectivity index (χ3v) is 5.97. The van der Waals surface area contributed by atoms with Crippen LogP contribution in [0.5, 0.6) is 11.5 Å².